The molecule has 7 heteroatoms. The normalized spacial score (nSPS) is 11.9. The maximum atomic E-state index is 12.5. The smallest absolute Gasteiger partial charge is 0.274 e. The molecule has 1 atom stereocenters. The Morgan fingerprint density at radius 2 is 1.50 bits per heavy atom. The van der Waals surface area contributed by atoms with Crippen LogP contribution in [-0.2, 0) is 9.63 Å². The van der Waals surface area contributed by atoms with E-state index < -0.39 is 12.0 Å². The first-order valence-electron chi connectivity index (χ1n) is 8.13. The first-order chi connectivity index (χ1) is 12.3. The number of carbonyl (C=O) groups excluding carboxylic acids is 2. The Morgan fingerprint density at radius 3 is 2.04 bits per heavy atom. The Labute approximate surface area is 162 Å². The van der Waals surface area contributed by atoms with E-state index in [1.165, 1.54) is 0 Å². The number of amides is 2. The Hall–Kier alpha value is -2.08. The largest absolute Gasteiger partial charge is 0.324 e. The van der Waals surface area contributed by atoms with Gasteiger partial charge < -0.3 is 5.32 Å². The molecule has 0 unspecified atom stereocenters. The van der Waals surface area contributed by atoms with Crippen molar-refractivity contribution in [1.29, 1.82) is 0 Å². The quantitative estimate of drug-likeness (QED) is 0.668. The van der Waals surface area contributed by atoms with Crippen LogP contribution in [0.3, 0.4) is 0 Å². The molecule has 2 N–H and O–H groups in total. The molecule has 0 radical (unpaired) electrons. The van der Waals surface area contributed by atoms with Crippen LogP contribution in [-0.4, -0.2) is 17.9 Å². The van der Waals surface area contributed by atoms with Crippen molar-refractivity contribution in [3.05, 3.63) is 64.1 Å². The highest BCUT2D eigenvalue weighted by Crippen LogP contribution is 2.16. The van der Waals surface area contributed by atoms with Gasteiger partial charge in [0, 0.05) is 21.3 Å². The second-order valence-electron chi connectivity index (χ2n) is 6.17. The van der Waals surface area contributed by atoms with Crippen LogP contribution in [0.15, 0.2) is 48.5 Å². The molecule has 26 heavy (non-hydrogen) atoms. The van der Waals surface area contributed by atoms with Crippen LogP contribution in [0.5, 0.6) is 0 Å². The molecule has 2 aromatic carbocycles. The highest BCUT2D eigenvalue weighted by Gasteiger charge is 2.22. The number of anilines is 1. The van der Waals surface area contributed by atoms with E-state index in [0.29, 0.717) is 27.7 Å². The predicted octanol–water partition coefficient (Wildman–Crippen LogP) is 4.71. The molecule has 0 aliphatic heterocycles. The van der Waals surface area contributed by atoms with Crippen molar-refractivity contribution in [3.63, 3.8) is 0 Å². The molecule has 0 fully saturated rings. The number of hydrogen-bond acceptors (Lipinski definition) is 3. The van der Waals surface area contributed by atoms with Gasteiger partial charge in [-0.15, -0.1) is 0 Å². The van der Waals surface area contributed by atoms with Gasteiger partial charge in [0.2, 0.25) is 0 Å². The molecule has 0 heterocycles. The summed E-state index contributed by atoms with van der Waals surface area (Å²) in [7, 11) is 0. The standard InChI is InChI=1S/C19H20Cl2N2O3/c1-12(2)11-17(19(25)22-16-9-7-15(21)8-10-16)26-23-18(24)13-3-5-14(20)6-4-13/h3-10,12,17H,11H2,1-2H3,(H,22,25)(H,23,24)/t17-/m1/s1. The maximum absolute atomic E-state index is 12.5. The number of hydroxylamine groups is 1. The summed E-state index contributed by atoms with van der Waals surface area (Å²) in [6, 6.07) is 13.1. The molecule has 0 saturated heterocycles. The lowest BCUT2D eigenvalue weighted by molar-refractivity contribution is -0.132. The van der Waals surface area contributed by atoms with E-state index in [-0.39, 0.29) is 11.8 Å². The lowest BCUT2D eigenvalue weighted by atomic mass is 10.1. The average molecular weight is 395 g/mol. The Balaban J connectivity index is 1.99. The molecule has 2 rings (SSSR count). The number of hydrogen-bond donors (Lipinski definition) is 2. The summed E-state index contributed by atoms with van der Waals surface area (Å²) in [4.78, 5) is 30.0. The first-order valence-corrected chi connectivity index (χ1v) is 8.88. The summed E-state index contributed by atoms with van der Waals surface area (Å²) in [5.41, 5.74) is 3.32. The SMILES string of the molecule is CC(C)C[C@@H](ONC(=O)c1ccc(Cl)cc1)C(=O)Nc1ccc(Cl)cc1. The molecule has 0 spiro atoms. The summed E-state index contributed by atoms with van der Waals surface area (Å²) in [6.45, 7) is 3.93. The Bertz CT molecular complexity index is 746. The zero-order valence-electron chi connectivity index (χ0n) is 14.5. The van der Waals surface area contributed by atoms with E-state index in [1.807, 2.05) is 13.8 Å². The van der Waals surface area contributed by atoms with Crippen LogP contribution in [0.4, 0.5) is 5.69 Å². The van der Waals surface area contributed by atoms with Crippen molar-refractivity contribution in [2.24, 2.45) is 5.92 Å². The van der Waals surface area contributed by atoms with Gasteiger partial charge in [0.05, 0.1) is 0 Å². The summed E-state index contributed by atoms with van der Waals surface area (Å²) in [5, 5.41) is 3.86. The van der Waals surface area contributed by atoms with E-state index in [1.54, 1.807) is 48.5 Å². The minimum atomic E-state index is -0.832. The molecular formula is C19H20Cl2N2O3. The molecule has 0 aromatic heterocycles. The summed E-state index contributed by atoms with van der Waals surface area (Å²) in [6.07, 6.45) is -0.387. The fraction of sp³-hybridized carbons (Fsp3) is 0.263. The number of halogens is 2. The number of carbonyl (C=O) groups is 2. The fourth-order valence-corrected chi connectivity index (χ4v) is 2.43. The zero-order valence-corrected chi connectivity index (χ0v) is 16.0. The summed E-state index contributed by atoms with van der Waals surface area (Å²) in [5.74, 6) is -0.601. The van der Waals surface area contributed by atoms with E-state index in [4.69, 9.17) is 28.0 Å². The molecule has 0 bridgehead atoms. The third-order valence-electron chi connectivity index (χ3n) is 3.49. The lowest BCUT2D eigenvalue weighted by Crippen LogP contribution is -2.38. The lowest BCUT2D eigenvalue weighted by Gasteiger charge is -2.19. The van der Waals surface area contributed by atoms with Gasteiger partial charge in [-0.3, -0.25) is 14.4 Å². The molecular weight excluding hydrogens is 375 g/mol. The summed E-state index contributed by atoms with van der Waals surface area (Å²) < 4.78 is 0. The van der Waals surface area contributed by atoms with Gasteiger partial charge in [0.25, 0.3) is 11.8 Å². The van der Waals surface area contributed by atoms with Crippen LogP contribution in [0.1, 0.15) is 30.6 Å². The first kappa shape index (κ1) is 20.2. The number of rotatable bonds is 7. The van der Waals surface area contributed by atoms with Crippen molar-refractivity contribution >= 4 is 40.7 Å². The van der Waals surface area contributed by atoms with Gasteiger partial charge in [0.1, 0.15) is 0 Å². The minimum Gasteiger partial charge on any atom is -0.324 e. The van der Waals surface area contributed by atoms with E-state index in [2.05, 4.69) is 10.8 Å². The van der Waals surface area contributed by atoms with Gasteiger partial charge in [-0.1, -0.05) is 37.0 Å². The third-order valence-corrected chi connectivity index (χ3v) is 3.99. The van der Waals surface area contributed by atoms with E-state index >= 15 is 0 Å². The Kier molecular flexibility index (Phi) is 7.45. The average Bonchev–Trinajstić information content (AvgIpc) is 2.60. The van der Waals surface area contributed by atoms with Crippen molar-refractivity contribution in [3.8, 4) is 0 Å². The van der Waals surface area contributed by atoms with Crippen molar-refractivity contribution in [2.45, 2.75) is 26.4 Å². The molecule has 5 nitrogen and oxygen atoms in total. The van der Waals surface area contributed by atoms with Crippen molar-refractivity contribution in [2.75, 3.05) is 5.32 Å². The topological polar surface area (TPSA) is 67.4 Å². The Morgan fingerprint density at radius 1 is 0.962 bits per heavy atom. The van der Waals surface area contributed by atoms with E-state index in [9.17, 15) is 9.59 Å². The zero-order chi connectivity index (χ0) is 19.1. The summed E-state index contributed by atoms with van der Waals surface area (Å²) >= 11 is 11.6. The number of nitrogens with one attached hydrogen (secondary N) is 2. The highest BCUT2D eigenvalue weighted by molar-refractivity contribution is 6.31. The molecule has 138 valence electrons. The predicted molar refractivity (Wildman–Crippen MR) is 103 cm³/mol. The van der Waals surface area contributed by atoms with Crippen LogP contribution < -0.4 is 10.8 Å². The molecule has 0 aliphatic rings. The number of benzene rings is 2. The minimum absolute atomic E-state index is 0.198. The molecule has 0 saturated carbocycles. The van der Waals surface area contributed by atoms with Gasteiger partial charge in [-0.05, 0) is 60.9 Å². The molecule has 2 aromatic rings. The van der Waals surface area contributed by atoms with Crippen LogP contribution in [0.2, 0.25) is 10.0 Å². The van der Waals surface area contributed by atoms with Crippen LogP contribution >= 0.6 is 23.2 Å². The van der Waals surface area contributed by atoms with Gasteiger partial charge in [0.15, 0.2) is 6.10 Å². The molecule has 0 aliphatic carbocycles. The van der Waals surface area contributed by atoms with Crippen molar-refractivity contribution in [1.82, 2.24) is 5.48 Å². The monoisotopic (exact) mass is 394 g/mol. The fourth-order valence-electron chi connectivity index (χ4n) is 2.18. The van der Waals surface area contributed by atoms with E-state index in [0.717, 1.165) is 0 Å². The third kappa shape index (κ3) is 6.33. The van der Waals surface area contributed by atoms with Gasteiger partial charge in [-0.2, -0.15) is 0 Å². The second-order valence-corrected chi connectivity index (χ2v) is 7.04. The molecule has 2 amide bonds. The van der Waals surface area contributed by atoms with Crippen LogP contribution in [0.25, 0.3) is 0 Å². The van der Waals surface area contributed by atoms with Crippen molar-refractivity contribution < 1.29 is 14.4 Å². The maximum Gasteiger partial charge on any atom is 0.274 e. The highest BCUT2D eigenvalue weighted by atomic mass is 35.5. The van der Waals surface area contributed by atoms with Gasteiger partial charge >= 0.3 is 0 Å². The van der Waals surface area contributed by atoms with Gasteiger partial charge in [-0.25, -0.2) is 5.48 Å². The second kappa shape index (κ2) is 9.57. The van der Waals surface area contributed by atoms with Crippen LogP contribution in [0, 0.1) is 5.92 Å².